The quantitative estimate of drug-likeness (QED) is 0.820. The average molecular weight is 296 g/mol. The first kappa shape index (κ1) is 14.0. The molecule has 3 nitrogen and oxygen atoms in total. The highest BCUT2D eigenvalue weighted by Crippen LogP contribution is 2.20. The van der Waals surface area contributed by atoms with E-state index in [-0.39, 0.29) is 0 Å². The minimum atomic E-state index is 0.687. The van der Waals surface area contributed by atoms with E-state index in [0.29, 0.717) is 5.56 Å². The fourth-order valence-electron chi connectivity index (χ4n) is 1.54. The molecule has 0 saturated carbocycles. The Bertz CT molecular complexity index is 396. The molecule has 1 aromatic rings. The molecule has 0 aliphatic rings. The van der Waals surface area contributed by atoms with Crippen LogP contribution in [-0.2, 0) is 0 Å². The fraction of sp³-hybridized carbons (Fsp3) is 0.462. The Labute approximate surface area is 112 Å². The Morgan fingerprint density at radius 3 is 2.76 bits per heavy atom. The number of unbranched alkanes of at least 4 members (excludes halogenated alkanes) is 1. The minimum Gasteiger partial charge on any atom is -0.384 e. The number of nitriles is 1. The summed E-state index contributed by atoms with van der Waals surface area (Å²) in [7, 11) is 4.16. The molecule has 17 heavy (non-hydrogen) atoms. The third-order valence-corrected chi connectivity index (χ3v) is 2.94. The maximum absolute atomic E-state index is 9.00. The van der Waals surface area contributed by atoms with E-state index in [1.165, 1.54) is 6.42 Å². The summed E-state index contributed by atoms with van der Waals surface area (Å²) in [6.07, 6.45) is 2.28. The van der Waals surface area contributed by atoms with Crippen LogP contribution in [-0.4, -0.2) is 32.1 Å². The lowest BCUT2D eigenvalue weighted by Crippen LogP contribution is -2.14. The van der Waals surface area contributed by atoms with Crippen molar-refractivity contribution in [2.45, 2.75) is 12.8 Å². The molecule has 1 aromatic carbocycles. The molecule has 0 bridgehead atoms. The van der Waals surface area contributed by atoms with E-state index in [1.54, 1.807) is 0 Å². The van der Waals surface area contributed by atoms with Crippen molar-refractivity contribution in [3.8, 4) is 6.07 Å². The lowest BCUT2D eigenvalue weighted by atomic mass is 10.2. The van der Waals surface area contributed by atoms with Gasteiger partial charge < -0.3 is 10.2 Å². The van der Waals surface area contributed by atoms with Crippen molar-refractivity contribution >= 4 is 21.6 Å². The van der Waals surface area contributed by atoms with Crippen molar-refractivity contribution in [3.05, 3.63) is 28.2 Å². The summed E-state index contributed by atoms with van der Waals surface area (Å²) in [5.41, 5.74) is 1.60. The highest BCUT2D eigenvalue weighted by Gasteiger charge is 2.01. The van der Waals surface area contributed by atoms with E-state index in [0.717, 1.165) is 29.7 Å². The first-order valence-corrected chi connectivity index (χ1v) is 6.51. The highest BCUT2D eigenvalue weighted by molar-refractivity contribution is 9.10. The first-order chi connectivity index (χ1) is 8.13. The van der Waals surface area contributed by atoms with Gasteiger partial charge in [-0.1, -0.05) is 15.9 Å². The van der Waals surface area contributed by atoms with Crippen LogP contribution in [0.1, 0.15) is 18.4 Å². The zero-order valence-electron chi connectivity index (χ0n) is 10.3. The van der Waals surface area contributed by atoms with Gasteiger partial charge in [0.05, 0.1) is 11.3 Å². The van der Waals surface area contributed by atoms with E-state index in [4.69, 9.17) is 5.26 Å². The molecule has 0 unspecified atom stereocenters. The Hall–Kier alpha value is -1.05. The van der Waals surface area contributed by atoms with E-state index in [1.807, 2.05) is 18.2 Å². The standard InChI is InChI=1S/C13H18BrN3/c1-17(2)8-4-3-7-16-13-6-5-12(14)9-11(13)10-15/h5-6,9,16H,3-4,7-8H2,1-2H3. The van der Waals surface area contributed by atoms with Crippen molar-refractivity contribution in [2.24, 2.45) is 0 Å². The molecule has 0 aliphatic carbocycles. The Balaban J connectivity index is 2.39. The summed E-state index contributed by atoms with van der Waals surface area (Å²) in [5, 5.41) is 12.3. The molecule has 0 aliphatic heterocycles. The number of benzene rings is 1. The number of hydrogen-bond donors (Lipinski definition) is 1. The molecule has 0 spiro atoms. The number of rotatable bonds is 6. The van der Waals surface area contributed by atoms with Crippen LogP contribution in [0.3, 0.4) is 0 Å². The molecular formula is C13H18BrN3. The largest absolute Gasteiger partial charge is 0.384 e. The lowest BCUT2D eigenvalue weighted by molar-refractivity contribution is 0.396. The van der Waals surface area contributed by atoms with Crippen LogP contribution in [0.2, 0.25) is 0 Å². The minimum absolute atomic E-state index is 0.687. The number of nitrogens with zero attached hydrogens (tertiary/aromatic N) is 2. The van der Waals surface area contributed by atoms with Crippen LogP contribution < -0.4 is 5.32 Å². The first-order valence-electron chi connectivity index (χ1n) is 5.71. The Morgan fingerprint density at radius 1 is 1.35 bits per heavy atom. The number of halogens is 1. The predicted octanol–water partition coefficient (Wildman–Crippen LogP) is 3.07. The maximum atomic E-state index is 9.00. The molecule has 92 valence electrons. The number of hydrogen-bond acceptors (Lipinski definition) is 3. The van der Waals surface area contributed by atoms with Gasteiger partial charge in [0.15, 0.2) is 0 Å². The molecule has 0 aromatic heterocycles. The maximum Gasteiger partial charge on any atom is 0.101 e. The number of nitrogens with one attached hydrogen (secondary N) is 1. The van der Waals surface area contributed by atoms with E-state index < -0.39 is 0 Å². The summed E-state index contributed by atoms with van der Waals surface area (Å²) in [4.78, 5) is 2.18. The van der Waals surface area contributed by atoms with Crippen LogP contribution in [0.4, 0.5) is 5.69 Å². The summed E-state index contributed by atoms with van der Waals surface area (Å²) in [6, 6.07) is 7.92. The highest BCUT2D eigenvalue weighted by atomic mass is 79.9. The summed E-state index contributed by atoms with van der Waals surface area (Å²) in [6.45, 7) is 2.01. The molecule has 1 rings (SSSR count). The van der Waals surface area contributed by atoms with Gasteiger partial charge in [0.2, 0.25) is 0 Å². The lowest BCUT2D eigenvalue weighted by Gasteiger charge is -2.11. The fourth-order valence-corrected chi connectivity index (χ4v) is 1.90. The molecule has 0 fully saturated rings. The summed E-state index contributed by atoms with van der Waals surface area (Å²) < 4.78 is 0.937. The second kappa shape index (κ2) is 7.31. The van der Waals surface area contributed by atoms with Gasteiger partial charge in [-0.05, 0) is 51.7 Å². The predicted molar refractivity (Wildman–Crippen MR) is 75.1 cm³/mol. The van der Waals surface area contributed by atoms with Crippen LogP contribution in [0.5, 0.6) is 0 Å². The van der Waals surface area contributed by atoms with Crippen molar-refractivity contribution < 1.29 is 0 Å². The van der Waals surface area contributed by atoms with Gasteiger partial charge >= 0.3 is 0 Å². The molecule has 4 heteroatoms. The third kappa shape index (κ3) is 5.20. The average Bonchev–Trinajstić information content (AvgIpc) is 2.29. The second-order valence-corrected chi connectivity index (χ2v) is 5.15. The van der Waals surface area contributed by atoms with Crippen molar-refractivity contribution in [3.63, 3.8) is 0 Å². The molecule has 0 atom stereocenters. The van der Waals surface area contributed by atoms with Crippen molar-refractivity contribution in [2.75, 3.05) is 32.5 Å². The SMILES string of the molecule is CN(C)CCCCNc1ccc(Br)cc1C#N. The molecular weight excluding hydrogens is 278 g/mol. The van der Waals surface area contributed by atoms with Gasteiger partial charge in [0.1, 0.15) is 6.07 Å². The summed E-state index contributed by atoms with van der Waals surface area (Å²) in [5.74, 6) is 0. The van der Waals surface area contributed by atoms with Gasteiger partial charge in [-0.2, -0.15) is 5.26 Å². The van der Waals surface area contributed by atoms with Crippen LogP contribution in [0, 0.1) is 11.3 Å². The van der Waals surface area contributed by atoms with Gasteiger partial charge in [0.25, 0.3) is 0 Å². The van der Waals surface area contributed by atoms with Gasteiger partial charge in [-0.3, -0.25) is 0 Å². The zero-order chi connectivity index (χ0) is 12.7. The van der Waals surface area contributed by atoms with Crippen molar-refractivity contribution in [1.82, 2.24) is 4.90 Å². The zero-order valence-corrected chi connectivity index (χ0v) is 11.9. The van der Waals surface area contributed by atoms with Crippen LogP contribution >= 0.6 is 15.9 Å². The van der Waals surface area contributed by atoms with E-state index in [9.17, 15) is 0 Å². The monoisotopic (exact) mass is 295 g/mol. The topological polar surface area (TPSA) is 39.1 Å². The molecule has 0 amide bonds. The second-order valence-electron chi connectivity index (χ2n) is 4.24. The normalized spacial score (nSPS) is 10.3. The van der Waals surface area contributed by atoms with E-state index in [2.05, 4.69) is 46.3 Å². The molecule has 0 saturated heterocycles. The van der Waals surface area contributed by atoms with Gasteiger partial charge in [-0.15, -0.1) is 0 Å². The van der Waals surface area contributed by atoms with Gasteiger partial charge in [0, 0.05) is 11.0 Å². The number of anilines is 1. The Morgan fingerprint density at radius 2 is 2.12 bits per heavy atom. The van der Waals surface area contributed by atoms with Crippen molar-refractivity contribution in [1.29, 1.82) is 5.26 Å². The van der Waals surface area contributed by atoms with Crippen LogP contribution in [0.15, 0.2) is 22.7 Å². The smallest absolute Gasteiger partial charge is 0.101 e. The molecule has 1 N–H and O–H groups in total. The van der Waals surface area contributed by atoms with E-state index >= 15 is 0 Å². The molecule has 0 heterocycles. The molecule has 0 radical (unpaired) electrons. The summed E-state index contributed by atoms with van der Waals surface area (Å²) >= 11 is 3.36. The van der Waals surface area contributed by atoms with Gasteiger partial charge in [-0.25, -0.2) is 0 Å². The Kier molecular flexibility index (Phi) is 6.03. The third-order valence-electron chi connectivity index (χ3n) is 2.45. The van der Waals surface area contributed by atoms with Crippen LogP contribution in [0.25, 0.3) is 0 Å².